The number of nitrogens with one attached hydrogen (secondary N) is 2. The molecular formula is C22H26N4O2. The topological polar surface area (TPSA) is 89.0 Å². The molecule has 2 N–H and O–H groups in total. The molecular weight excluding hydrogens is 352 g/mol. The van der Waals surface area contributed by atoms with Gasteiger partial charge in [0.05, 0.1) is 11.6 Å². The highest BCUT2D eigenvalue weighted by Gasteiger charge is 2.51. The molecule has 2 amide bonds. The van der Waals surface area contributed by atoms with Gasteiger partial charge in [0.1, 0.15) is 6.54 Å². The Hall–Kier alpha value is -2.81. The minimum absolute atomic E-state index is 0.0397. The molecule has 2 aromatic rings. The summed E-state index contributed by atoms with van der Waals surface area (Å²) in [6.07, 6.45) is 4.86. The molecule has 0 spiro atoms. The number of carbonyl (C=O) groups is 2. The second-order valence-electron chi connectivity index (χ2n) is 9.45. The quantitative estimate of drug-likeness (QED) is 0.802. The number of aromatic amines is 1. The molecule has 2 atom stereocenters. The molecule has 1 aromatic carbocycles. The summed E-state index contributed by atoms with van der Waals surface area (Å²) in [5.74, 6) is -0.276. The van der Waals surface area contributed by atoms with Crippen LogP contribution in [0.5, 0.6) is 0 Å². The Kier molecular flexibility index (Phi) is 4.22. The molecule has 1 aliphatic carbocycles. The Bertz CT molecular complexity index is 1000. The van der Waals surface area contributed by atoms with E-state index in [0.717, 1.165) is 31.3 Å². The fourth-order valence-corrected chi connectivity index (χ4v) is 5.52. The van der Waals surface area contributed by atoms with Crippen LogP contribution in [0.25, 0.3) is 10.9 Å². The maximum Gasteiger partial charge on any atom is 0.254 e. The SMILES string of the molecule is CC1(C)CC2CC(C)(CN2C(=O)c2ccc3[nH]cc(C(=O)NCC#N)c3c2)C1. The highest BCUT2D eigenvalue weighted by atomic mass is 16.2. The van der Waals surface area contributed by atoms with Crippen LogP contribution in [-0.4, -0.2) is 40.8 Å². The lowest BCUT2D eigenvalue weighted by molar-refractivity contribution is 0.0708. The third-order valence-electron chi connectivity index (χ3n) is 6.18. The van der Waals surface area contributed by atoms with Gasteiger partial charge >= 0.3 is 0 Å². The van der Waals surface area contributed by atoms with E-state index >= 15 is 0 Å². The summed E-state index contributed by atoms with van der Waals surface area (Å²) in [4.78, 5) is 30.7. The zero-order valence-corrected chi connectivity index (χ0v) is 16.6. The first-order chi connectivity index (χ1) is 13.2. The zero-order chi connectivity index (χ0) is 20.1. The number of hydrogen-bond acceptors (Lipinski definition) is 3. The number of nitrogens with zero attached hydrogens (tertiary/aromatic N) is 2. The Morgan fingerprint density at radius 2 is 2.11 bits per heavy atom. The molecule has 28 heavy (non-hydrogen) atoms. The number of hydrogen-bond donors (Lipinski definition) is 2. The number of likely N-dealkylation sites (tertiary alicyclic amines) is 1. The molecule has 1 saturated carbocycles. The van der Waals surface area contributed by atoms with Gasteiger partial charge in [-0.15, -0.1) is 0 Å². The molecule has 2 fully saturated rings. The van der Waals surface area contributed by atoms with Crippen molar-refractivity contribution >= 4 is 22.7 Å². The molecule has 4 rings (SSSR count). The molecule has 2 bridgehead atoms. The lowest BCUT2D eigenvalue weighted by atomic mass is 9.65. The summed E-state index contributed by atoms with van der Waals surface area (Å²) >= 11 is 0. The van der Waals surface area contributed by atoms with Gasteiger partial charge in [-0.2, -0.15) is 5.26 Å². The smallest absolute Gasteiger partial charge is 0.254 e. The third-order valence-corrected chi connectivity index (χ3v) is 6.18. The number of H-pyrrole nitrogens is 1. The number of nitriles is 1. The molecule has 1 aliphatic heterocycles. The lowest BCUT2D eigenvalue weighted by Crippen LogP contribution is -2.37. The minimum Gasteiger partial charge on any atom is -0.360 e. The molecule has 146 valence electrons. The first-order valence-electron chi connectivity index (χ1n) is 9.79. The Labute approximate surface area is 164 Å². The van der Waals surface area contributed by atoms with Crippen LogP contribution in [0.4, 0.5) is 0 Å². The molecule has 0 radical (unpaired) electrons. The van der Waals surface area contributed by atoms with Gasteiger partial charge in [-0.1, -0.05) is 20.8 Å². The maximum atomic E-state index is 13.3. The Balaban J connectivity index is 1.64. The first kappa shape index (κ1) is 18.5. The standard InChI is InChI=1S/C22H26N4O2/c1-21(2)9-15-10-22(3,12-21)13-26(15)20(28)14-4-5-18-16(8-14)17(11-25-18)19(27)24-7-6-23/h4-5,8,11,15,25H,7,9-10,12-13H2,1-3H3,(H,24,27). The van der Waals surface area contributed by atoms with E-state index in [9.17, 15) is 9.59 Å². The number of benzene rings is 1. The number of rotatable bonds is 3. The minimum atomic E-state index is -0.316. The van der Waals surface area contributed by atoms with Crippen LogP contribution in [-0.2, 0) is 0 Å². The van der Waals surface area contributed by atoms with Crippen LogP contribution in [0, 0.1) is 22.2 Å². The van der Waals surface area contributed by atoms with Crippen molar-refractivity contribution in [2.75, 3.05) is 13.1 Å². The monoisotopic (exact) mass is 378 g/mol. The van der Waals surface area contributed by atoms with Crippen molar-refractivity contribution in [3.05, 3.63) is 35.5 Å². The largest absolute Gasteiger partial charge is 0.360 e. The predicted molar refractivity (Wildman–Crippen MR) is 107 cm³/mol. The predicted octanol–water partition coefficient (Wildman–Crippen LogP) is 3.46. The summed E-state index contributed by atoms with van der Waals surface area (Å²) in [6.45, 7) is 7.63. The zero-order valence-electron chi connectivity index (χ0n) is 16.6. The van der Waals surface area contributed by atoms with Crippen LogP contribution in [0.1, 0.15) is 60.7 Å². The van der Waals surface area contributed by atoms with Crippen LogP contribution in [0.3, 0.4) is 0 Å². The highest BCUT2D eigenvalue weighted by molar-refractivity contribution is 6.09. The molecule has 2 unspecified atom stereocenters. The normalized spacial score (nSPS) is 25.5. The number of amides is 2. The van der Waals surface area contributed by atoms with E-state index in [-0.39, 0.29) is 35.2 Å². The van der Waals surface area contributed by atoms with Crippen molar-refractivity contribution in [2.45, 2.75) is 46.1 Å². The summed E-state index contributed by atoms with van der Waals surface area (Å²) in [5, 5.41) is 11.9. The fourth-order valence-electron chi connectivity index (χ4n) is 5.52. The fraction of sp³-hybridized carbons (Fsp3) is 0.500. The van der Waals surface area contributed by atoms with Crippen molar-refractivity contribution < 1.29 is 9.59 Å². The van der Waals surface area contributed by atoms with E-state index in [1.54, 1.807) is 12.3 Å². The summed E-state index contributed by atoms with van der Waals surface area (Å²) in [7, 11) is 0. The first-order valence-corrected chi connectivity index (χ1v) is 9.79. The molecule has 6 heteroatoms. The Morgan fingerprint density at radius 1 is 1.32 bits per heavy atom. The van der Waals surface area contributed by atoms with Crippen LogP contribution >= 0.6 is 0 Å². The van der Waals surface area contributed by atoms with E-state index in [1.807, 2.05) is 23.1 Å². The molecule has 2 heterocycles. The molecule has 1 aromatic heterocycles. The van der Waals surface area contributed by atoms with Crippen LogP contribution < -0.4 is 5.32 Å². The maximum absolute atomic E-state index is 13.3. The highest BCUT2D eigenvalue weighted by Crippen LogP contribution is 2.52. The van der Waals surface area contributed by atoms with Gasteiger partial charge in [0.25, 0.3) is 11.8 Å². The van der Waals surface area contributed by atoms with Gasteiger partial charge in [0.2, 0.25) is 0 Å². The van der Waals surface area contributed by atoms with Crippen molar-refractivity contribution in [3.8, 4) is 6.07 Å². The van der Waals surface area contributed by atoms with Crippen LogP contribution in [0.15, 0.2) is 24.4 Å². The van der Waals surface area contributed by atoms with E-state index < -0.39 is 0 Å². The molecule has 6 nitrogen and oxygen atoms in total. The average Bonchev–Trinajstić information content (AvgIpc) is 3.15. The number of fused-ring (bicyclic) bond motifs is 3. The number of carbonyl (C=O) groups excluding carboxylic acids is 2. The van der Waals surface area contributed by atoms with Crippen molar-refractivity contribution in [3.63, 3.8) is 0 Å². The average molecular weight is 378 g/mol. The van der Waals surface area contributed by atoms with Gasteiger partial charge in [-0.05, 0) is 48.3 Å². The van der Waals surface area contributed by atoms with Crippen molar-refractivity contribution in [1.82, 2.24) is 15.2 Å². The van der Waals surface area contributed by atoms with Gasteiger partial charge in [-0.3, -0.25) is 9.59 Å². The molecule has 2 aliphatic rings. The van der Waals surface area contributed by atoms with Gasteiger partial charge in [0.15, 0.2) is 0 Å². The molecule has 1 saturated heterocycles. The lowest BCUT2D eigenvalue weighted by Gasteiger charge is -2.39. The summed E-state index contributed by atoms with van der Waals surface area (Å²) < 4.78 is 0. The van der Waals surface area contributed by atoms with E-state index in [2.05, 4.69) is 31.1 Å². The second kappa shape index (κ2) is 6.37. The summed E-state index contributed by atoms with van der Waals surface area (Å²) in [5.41, 5.74) is 2.29. The van der Waals surface area contributed by atoms with Gasteiger partial charge in [-0.25, -0.2) is 0 Å². The van der Waals surface area contributed by atoms with Crippen molar-refractivity contribution in [2.24, 2.45) is 10.8 Å². The summed E-state index contributed by atoms with van der Waals surface area (Å²) in [6, 6.07) is 7.65. The van der Waals surface area contributed by atoms with Gasteiger partial charge < -0.3 is 15.2 Å². The second-order valence-corrected chi connectivity index (χ2v) is 9.45. The third kappa shape index (κ3) is 3.15. The number of aromatic nitrogens is 1. The van der Waals surface area contributed by atoms with Gasteiger partial charge in [0, 0.05) is 35.2 Å². The van der Waals surface area contributed by atoms with E-state index in [0.29, 0.717) is 16.5 Å². The van der Waals surface area contributed by atoms with Crippen LogP contribution in [0.2, 0.25) is 0 Å². The van der Waals surface area contributed by atoms with E-state index in [4.69, 9.17) is 5.26 Å². The Morgan fingerprint density at radius 3 is 2.86 bits per heavy atom. The van der Waals surface area contributed by atoms with E-state index in [1.165, 1.54) is 0 Å². The van der Waals surface area contributed by atoms with Crippen molar-refractivity contribution in [1.29, 1.82) is 5.26 Å².